The van der Waals surface area contributed by atoms with Crippen molar-refractivity contribution in [2.24, 2.45) is 0 Å². The molecule has 0 spiro atoms. The molecule has 3 nitrogen and oxygen atoms in total. The lowest BCUT2D eigenvalue weighted by atomic mass is 10.1. The largest absolute Gasteiger partial charge is 0.344 e. The summed E-state index contributed by atoms with van der Waals surface area (Å²) in [6, 6.07) is 7.50. The Morgan fingerprint density at radius 3 is 2.92 bits per heavy atom. The fourth-order valence-corrected chi connectivity index (χ4v) is 1.31. The van der Waals surface area contributed by atoms with Crippen LogP contribution >= 0.6 is 12.4 Å². The van der Waals surface area contributed by atoms with Gasteiger partial charge < -0.3 is 5.32 Å². The van der Waals surface area contributed by atoms with Gasteiger partial charge in [-0.25, -0.2) is 0 Å². The van der Waals surface area contributed by atoms with Crippen LogP contribution in [0.2, 0.25) is 0 Å². The molecule has 0 radical (unpaired) electrons. The Morgan fingerprint density at radius 1 is 1.46 bits per heavy atom. The number of halogens is 1. The van der Waals surface area contributed by atoms with Crippen molar-refractivity contribution in [3.05, 3.63) is 29.3 Å². The van der Waals surface area contributed by atoms with Crippen LogP contribution in [0.3, 0.4) is 0 Å². The summed E-state index contributed by atoms with van der Waals surface area (Å²) in [5, 5.41) is 18.9. The first kappa shape index (κ1) is 9.56. The standard InChI is InChI=1S/C9H7N3.ClH/c10-5-6-1-2-7-4-9(11)12-8(7)3-6;/h1-3H,4H2,(H2,11,12);1H. The summed E-state index contributed by atoms with van der Waals surface area (Å²) in [5.74, 6) is 0.500. The lowest BCUT2D eigenvalue weighted by Gasteiger charge is -1.97. The highest BCUT2D eigenvalue weighted by molar-refractivity contribution is 6.01. The van der Waals surface area contributed by atoms with Crippen LogP contribution in [0.15, 0.2) is 18.2 Å². The van der Waals surface area contributed by atoms with E-state index in [0.717, 1.165) is 11.3 Å². The summed E-state index contributed by atoms with van der Waals surface area (Å²) in [4.78, 5) is 0. The zero-order valence-electron chi connectivity index (χ0n) is 6.79. The van der Waals surface area contributed by atoms with Crippen molar-refractivity contribution in [1.82, 2.24) is 0 Å². The van der Waals surface area contributed by atoms with Gasteiger partial charge >= 0.3 is 0 Å². The van der Waals surface area contributed by atoms with Gasteiger partial charge in [0.25, 0.3) is 0 Å². The number of nitriles is 1. The van der Waals surface area contributed by atoms with E-state index >= 15 is 0 Å². The van der Waals surface area contributed by atoms with Crippen LogP contribution in [0.4, 0.5) is 5.69 Å². The van der Waals surface area contributed by atoms with Crippen LogP contribution in [0.1, 0.15) is 11.1 Å². The predicted molar refractivity (Wildman–Crippen MR) is 53.5 cm³/mol. The molecule has 0 aromatic heterocycles. The van der Waals surface area contributed by atoms with Crippen LogP contribution in [0.5, 0.6) is 0 Å². The van der Waals surface area contributed by atoms with Crippen LogP contribution < -0.4 is 5.32 Å². The number of fused-ring (bicyclic) bond motifs is 1. The van der Waals surface area contributed by atoms with Crippen LogP contribution in [0.25, 0.3) is 0 Å². The average molecular weight is 194 g/mol. The van der Waals surface area contributed by atoms with Gasteiger partial charge in [-0.3, -0.25) is 5.41 Å². The fourth-order valence-electron chi connectivity index (χ4n) is 1.31. The van der Waals surface area contributed by atoms with Crippen LogP contribution in [-0.4, -0.2) is 5.84 Å². The highest BCUT2D eigenvalue weighted by atomic mass is 35.5. The number of nitrogens with zero attached hydrogens (tertiary/aromatic N) is 1. The van der Waals surface area contributed by atoms with Gasteiger partial charge in [-0.05, 0) is 17.7 Å². The van der Waals surface area contributed by atoms with Crippen molar-refractivity contribution in [1.29, 1.82) is 10.7 Å². The molecule has 2 rings (SSSR count). The molecule has 2 N–H and O–H groups in total. The number of rotatable bonds is 0. The number of benzene rings is 1. The van der Waals surface area contributed by atoms with Gasteiger partial charge in [0, 0.05) is 12.1 Å². The average Bonchev–Trinajstić information content (AvgIpc) is 2.43. The van der Waals surface area contributed by atoms with E-state index in [2.05, 4.69) is 11.4 Å². The van der Waals surface area contributed by atoms with Crippen molar-refractivity contribution >= 4 is 23.9 Å². The number of nitrogens with one attached hydrogen (secondary N) is 2. The number of hydrogen-bond acceptors (Lipinski definition) is 2. The smallest absolute Gasteiger partial charge is 0.102 e. The fraction of sp³-hybridized carbons (Fsp3) is 0.111. The van der Waals surface area contributed by atoms with Crippen molar-refractivity contribution in [3.63, 3.8) is 0 Å². The SMILES string of the molecule is Cl.N#Cc1ccc2c(c1)NC(=N)C2. The molecule has 0 fully saturated rings. The molecule has 1 heterocycles. The Balaban J connectivity index is 0.000000845. The highest BCUT2D eigenvalue weighted by Crippen LogP contribution is 2.23. The molecule has 0 unspecified atom stereocenters. The molecule has 0 aliphatic carbocycles. The Kier molecular flexibility index (Phi) is 2.54. The second-order valence-corrected chi connectivity index (χ2v) is 2.76. The van der Waals surface area contributed by atoms with E-state index in [9.17, 15) is 0 Å². The predicted octanol–water partition coefficient (Wildman–Crippen LogP) is 1.93. The molecule has 1 aromatic carbocycles. The number of anilines is 1. The van der Waals surface area contributed by atoms with E-state index in [0.29, 0.717) is 17.8 Å². The van der Waals surface area contributed by atoms with Crippen molar-refractivity contribution in [2.75, 3.05) is 5.32 Å². The number of hydrogen-bond donors (Lipinski definition) is 2. The third kappa shape index (κ3) is 1.63. The summed E-state index contributed by atoms with van der Waals surface area (Å²) in [7, 11) is 0. The Labute approximate surface area is 82.3 Å². The van der Waals surface area contributed by atoms with E-state index in [1.165, 1.54) is 0 Å². The molecular weight excluding hydrogens is 186 g/mol. The summed E-state index contributed by atoms with van der Waals surface area (Å²) in [6.07, 6.45) is 0.654. The molecular formula is C9H8ClN3. The van der Waals surface area contributed by atoms with Gasteiger partial charge in [-0.15, -0.1) is 12.4 Å². The molecule has 66 valence electrons. The normalized spacial score (nSPS) is 12.4. The molecule has 13 heavy (non-hydrogen) atoms. The highest BCUT2D eigenvalue weighted by Gasteiger charge is 2.14. The summed E-state index contributed by atoms with van der Waals surface area (Å²) >= 11 is 0. The zero-order chi connectivity index (χ0) is 8.55. The Hall–Kier alpha value is -1.53. The quantitative estimate of drug-likeness (QED) is 0.662. The lowest BCUT2D eigenvalue weighted by Crippen LogP contribution is -2.02. The molecule has 0 amide bonds. The van der Waals surface area contributed by atoms with Gasteiger partial charge in [0.05, 0.1) is 11.6 Å². The minimum absolute atomic E-state index is 0. The molecule has 0 saturated carbocycles. The lowest BCUT2D eigenvalue weighted by molar-refractivity contribution is 1.34. The van der Waals surface area contributed by atoms with Crippen molar-refractivity contribution in [3.8, 4) is 6.07 Å². The van der Waals surface area contributed by atoms with Crippen molar-refractivity contribution < 1.29 is 0 Å². The molecule has 1 aliphatic rings. The zero-order valence-corrected chi connectivity index (χ0v) is 7.61. The maximum absolute atomic E-state index is 8.60. The molecule has 0 atom stereocenters. The van der Waals surface area contributed by atoms with Gasteiger partial charge in [0.1, 0.15) is 5.84 Å². The maximum atomic E-state index is 8.60. The first-order valence-corrected chi connectivity index (χ1v) is 3.67. The molecule has 4 heteroatoms. The molecule has 0 saturated heterocycles. The minimum atomic E-state index is 0. The van der Waals surface area contributed by atoms with Gasteiger partial charge in [-0.2, -0.15) is 5.26 Å². The second kappa shape index (κ2) is 3.46. The van der Waals surface area contributed by atoms with E-state index in [1.54, 1.807) is 12.1 Å². The monoisotopic (exact) mass is 193 g/mol. The summed E-state index contributed by atoms with van der Waals surface area (Å²) in [5.41, 5.74) is 2.63. The first-order chi connectivity index (χ1) is 5.79. The van der Waals surface area contributed by atoms with Crippen molar-refractivity contribution in [2.45, 2.75) is 6.42 Å². The third-order valence-corrected chi connectivity index (χ3v) is 1.89. The van der Waals surface area contributed by atoms with E-state index in [1.807, 2.05) is 6.07 Å². The van der Waals surface area contributed by atoms with Gasteiger partial charge in [0.15, 0.2) is 0 Å². The maximum Gasteiger partial charge on any atom is 0.102 e. The summed E-state index contributed by atoms with van der Waals surface area (Å²) in [6.45, 7) is 0. The van der Waals surface area contributed by atoms with Gasteiger partial charge in [0.2, 0.25) is 0 Å². The Bertz CT molecular complexity index is 392. The van der Waals surface area contributed by atoms with Crippen LogP contribution in [0, 0.1) is 16.7 Å². The van der Waals surface area contributed by atoms with E-state index in [-0.39, 0.29) is 12.4 Å². The topological polar surface area (TPSA) is 59.7 Å². The summed E-state index contributed by atoms with van der Waals surface area (Å²) < 4.78 is 0. The molecule has 1 aromatic rings. The first-order valence-electron chi connectivity index (χ1n) is 3.67. The minimum Gasteiger partial charge on any atom is -0.344 e. The molecule has 1 aliphatic heterocycles. The van der Waals surface area contributed by atoms with Crippen LogP contribution in [-0.2, 0) is 6.42 Å². The van der Waals surface area contributed by atoms with E-state index in [4.69, 9.17) is 10.7 Å². The van der Waals surface area contributed by atoms with E-state index < -0.39 is 0 Å². The molecule has 0 bridgehead atoms. The third-order valence-electron chi connectivity index (χ3n) is 1.89. The second-order valence-electron chi connectivity index (χ2n) is 2.76. The van der Waals surface area contributed by atoms with Gasteiger partial charge in [-0.1, -0.05) is 6.07 Å². The Morgan fingerprint density at radius 2 is 2.23 bits per heavy atom. The number of amidine groups is 1.